The van der Waals surface area contributed by atoms with E-state index in [1.54, 1.807) is 0 Å². The third-order valence-corrected chi connectivity index (χ3v) is 4.42. The van der Waals surface area contributed by atoms with E-state index in [0.717, 1.165) is 55.6 Å². The molecule has 1 aliphatic heterocycles. The van der Waals surface area contributed by atoms with E-state index >= 15 is 0 Å². The van der Waals surface area contributed by atoms with Crippen LogP contribution in [0.4, 0.5) is 5.82 Å². The van der Waals surface area contributed by atoms with E-state index in [1.807, 2.05) is 47.0 Å². The molecular weight excluding hydrogens is 288 g/mol. The first kappa shape index (κ1) is 14.1. The molecule has 0 atom stereocenters. The van der Waals surface area contributed by atoms with Crippen LogP contribution in [0.2, 0.25) is 0 Å². The number of aromatic nitrogens is 4. The molecule has 1 saturated heterocycles. The molecule has 4 rings (SSSR count). The summed E-state index contributed by atoms with van der Waals surface area (Å²) in [5.74, 6) is 1.78. The normalized spacial score (nSPS) is 16.1. The molecule has 3 aromatic rings. The molecule has 0 spiro atoms. The zero-order chi connectivity index (χ0) is 15.6. The summed E-state index contributed by atoms with van der Waals surface area (Å²) in [6.45, 7) is 7.52. The van der Waals surface area contributed by atoms with Crippen molar-refractivity contribution in [2.24, 2.45) is 0 Å². The van der Waals surface area contributed by atoms with Gasteiger partial charge in [0.25, 0.3) is 0 Å². The molecule has 0 unspecified atom stereocenters. The highest BCUT2D eigenvalue weighted by atomic mass is 15.4. The molecule has 6 nitrogen and oxygen atoms in total. The molecule has 1 aromatic carbocycles. The lowest BCUT2D eigenvalue weighted by Gasteiger charge is -2.34. The van der Waals surface area contributed by atoms with Gasteiger partial charge in [-0.2, -0.15) is 4.52 Å². The number of hydrogen-bond acceptors (Lipinski definition) is 5. The van der Waals surface area contributed by atoms with E-state index in [4.69, 9.17) is 5.10 Å². The number of rotatable bonds is 3. The quantitative estimate of drug-likeness (QED) is 0.740. The molecule has 0 saturated carbocycles. The zero-order valence-corrected chi connectivity index (χ0v) is 13.3. The second kappa shape index (κ2) is 5.96. The van der Waals surface area contributed by atoms with Crippen LogP contribution in [0.5, 0.6) is 0 Å². The lowest BCUT2D eigenvalue weighted by atomic mass is 10.2. The average Bonchev–Trinajstić information content (AvgIpc) is 3.05. The monoisotopic (exact) mass is 308 g/mol. The van der Waals surface area contributed by atoms with E-state index in [0.29, 0.717) is 0 Å². The highest BCUT2D eigenvalue weighted by Gasteiger charge is 2.18. The lowest BCUT2D eigenvalue weighted by molar-refractivity contribution is 0.270. The summed E-state index contributed by atoms with van der Waals surface area (Å²) in [6, 6.07) is 14.1. The fraction of sp³-hybridized carbons (Fsp3) is 0.353. The maximum atomic E-state index is 4.79. The van der Waals surface area contributed by atoms with Gasteiger partial charge >= 0.3 is 0 Å². The summed E-state index contributed by atoms with van der Waals surface area (Å²) in [7, 11) is 0. The van der Waals surface area contributed by atoms with Gasteiger partial charge in [0.1, 0.15) is 5.82 Å². The van der Waals surface area contributed by atoms with Gasteiger partial charge in [-0.1, -0.05) is 37.3 Å². The third kappa shape index (κ3) is 2.66. The van der Waals surface area contributed by atoms with E-state index in [2.05, 4.69) is 26.9 Å². The van der Waals surface area contributed by atoms with Crippen LogP contribution in [0.1, 0.15) is 6.92 Å². The van der Waals surface area contributed by atoms with Crippen molar-refractivity contribution in [2.45, 2.75) is 6.92 Å². The van der Waals surface area contributed by atoms with Crippen LogP contribution in [0.3, 0.4) is 0 Å². The van der Waals surface area contributed by atoms with Crippen molar-refractivity contribution < 1.29 is 0 Å². The number of nitrogens with zero attached hydrogens (tertiary/aromatic N) is 6. The minimum atomic E-state index is 0.778. The Morgan fingerprint density at radius 1 is 0.913 bits per heavy atom. The molecule has 1 fully saturated rings. The first-order valence-corrected chi connectivity index (χ1v) is 8.10. The number of likely N-dealkylation sites (N-methyl/N-ethyl adjacent to an activating group) is 1. The average molecular weight is 308 g/mol. The van der Waals surface area contributed by atoms with Crippen molar-refractivity contribution >= 4 is 11.5 Å². The molecule has 3 heterocycles. The number of benzene rings is 1. The highest BCUT2D eigenvalue weighted by molar-refractivity contribution is 5.59. The van der Waals surface area contributed by atoms with Crippen LogP contribution in [-0.4, -0.2) is 57.4 Å². The second-order valence-corrected chi connectivity index (χ2v) is 5.77. The topological polar surface area (TPSA) is 49.6 Å². The minimum absolute atomic E-state index is 0.778. The molecule has 6 heteroatoms. The Bertz CT molecular complexity index is 789. The van der Waals surface area contributed by atoms with Crippen LogP contribution in [0, 0.1) is 0 Å². The van der Waals surface area contributed by atoms with Crippen molar-refractivity contribution in [2.75, 3.05) is 37.6 Å². The number of anilines is 1. The SMILES string of the molecule is CCN1CCN(c2ccc3nnc(-c4ccccc4)n3n2)CC1. The Kier molecular flexibility index (Phi) is 3.67. The molecule has 23 heavy (non-hydrogen) atoms. The van der Waals surface area contributed by atoms with Crippen LogP contribution in [-0.2, 0) is 0 Å². The van der Waals surface area contributed by atoms with Gasteiger partial charge in [-0.15, -0.1) is 15.3 Å². The Morgan fingerprint density at radius 2 is 1.70 bits per heavy atom. The number of hydrogen-bond donors (Lipinski definition) is 0. The maximum Gasteiger partial charge on any atom is 0.185 e. The van der Waals surface area contributed by atoms with Crippen molar-refractivity contribution in [3.63, 3.8) is 0 Å². The Balaban J connectivity index is 1.68. The predicted octanol–water partition coefficient (Wildman–Crippen LogP) is 1.93. The van der Waals surface area contributed by atoms with Crippen LogP contribution in [0.25, 0.3) is 17.0 Å². The van der Waals surface area contributed by atoms with Gasteiger partial charge in [0.05, 0.1) is 0 Å². The summed E-state index contributed by atoms with van der Waals surface area (Å²) < 4.78 is 1.84. The van der Waals surface area contributed by atoms with Gasteiger partial charge < -0.3 is 9.80 Å². The van der Waals surface area contributed by atoms with E-state index < -0.39 is 0 Å². The summed E-state index contributed by atoms with van der Waals surface area (Å²) in [5, 5.41) is 13.3. The fourth-order valence-corrected chi connectivity index (χ4v) is 3.01. The molecule has 0 bridgehead atoms. The summed E-state index contributed by atoms with van der Waals surface area (Å²) in [4.78, 5) is 4.80. The molecule has 2 aromatic heterocycles. The van der Waals surface area contributed by atoms with Crippen molar-refractivity contribution in [3.8, 4) is 11.4 Å². The molecule has 1 aliphatic rings. The second-order valence-electron chi connectivity index (χ2n) is 5.77. The van der Waals surface area contributed by atoms with Crippen molar-refractivity contribution in [1.29, 1.82) is 0 Å². The van der Waals surface area contributed by atoms with Crippen LogP contribution >= 0.6 is 0 Å². The van der Waals surface area contributed by atoms with E-state index in [-0.39, 0.29) is 0 Å². The smallest absolute Gasteiger partial charge is 0.185 e. The Hall–Kier alpha value is -2.47. The molecule has 0 amide bonds. The van der Waals surface area contributed by atoms with Crippen LogP contribution < -0.4 is 4.90 Å². The Labute approximate surface area is 135 Å². The molecule has 118 valence electrons. The first-order chi connectivity index (χ1) is 11.3. The number of piperazine rings is 1. The molecule has 0 radical (unpaired) electrons. The third-order valence-electron chi connectivity index (χ3n) is 4.42. The largest absolute Gasteiger partial charge is 0.353 e. The fourth-order valence-electron chi connectivity index (χ4n) is 3.01. The van der Waals surface area contributed by atoms with E-state index in [9.17, 15) is 0 Å². The lowest BCUT2D eigenvalue weighted by Crippen LogP contribution is -2.46. The van der Waals surface area contributed by atoms with Gasteiger partial charge in [-0.25, -0.2) is 0 Å². The van der Waals surface area contributed by atoms with Crippen molar-refractivity contribution in [3.05, 3.63) is 42.5 Å². The standard InChI is InChI=1S/C17H20N6/c1-2-21-10-12-22(13-11-21)16-9-8-15-18-19-17(23(15)20-16)14-6-4-3-5-7-14/h3-9H,2,10-13H2,1H3. The van der Waals surface area contributed by atoms with Gasteiger partial charge in [0.2, 0.25) is 0 Å². The summed E-state index contributed by atoms with van der Waals surface area (Å²) >= 11 is 0. The van der Waals surface area contributed by atoms with Crippen LogP contribution in [0.15, 0.2) is 42.5 Å². The molecule has 0 N–H and O–H groups in total. The Morgan fingerprint density at radius 3 is 2.43 bits per heavy atom. The van der Waals surface area contributed by atoms with Gasteiger partial charge in [-0.05, 0) is 18.7 Å². The number of fused-ring (bicyclic) bond motifs is 1. The van der Waals surface area contributed by atoms with Crippen molar-refractivity contribution in [1.82, 2.24) is 24.7 Å². The minimum Gasteiger partial charge on any atom is -0.353 e. The van der Waals surface area contributed by atoms with Gasteiger partial charge in [-0.3, -0.25) is 0 Å². The van der Waals surface area contributed by atoms with Gasteiger partial charge in [0, 0.05) is 31.7 Å². The summed E-state index contributed by atoms with van der Waals surface area (Å²) in [6.07, 6.45) is 0. The highest BCUT2D eigenvalue weighted by Crippen LogP contribution is 2.20. The molecule has 0 aliphatic carbocycles. The predicted molar refractivity (Wildman–Crippen MR) is 90.5 cm³/mol. The maximum absolute atomic E-state index is 4.79. The first-order valence-electron chi connectivity index (χ1n) is 8.10. The summed E-state index contributed by atoms with van der Waals surface area (Å²) in [5.41, 5.74) is 1.81. The zero-order valence-electron chi connectivity index (χ0n) is 13.3. The molecular formula is C17H20N6. The van der Waals surface area contributed by atoms with E-state index in [1.165, 1.54) is 0 Å². The van der Waals surface area contributed by atoms with Gasteiger partial charge in [0.15, 0.2) is 11.5 Å².